The number of hydrogen-bond donors (Lipinski definition) is 0. The van der Waals surface area contributed by atoms with Crippen LogP contribution < -0.4 is 5.11 Å². The second kappa shape index (κ2) is 5.18. The molecule has 2 rings (SSSR count). The number of carbonyl (C=O) groups excluding carboxylic acids is 2. The summed E-state index contributed by atoms with van der Waals surface area (Å²) in [6, 6.07) is 3.09. The fourth-order valence-corrected chi connectivity index (χ4v) is 2.23. The summed E-state index contributed by atoms with van der Waals surface area (Å²) in [7, 11) is 0. The number of ether oxygens (including phenoxy) is 1. The molecule has 7 heteroatoms. The van der Waals surface area contributed by atoms with Crippen molar-refractivity contribution in [1.29, 1.82) is 0 Å². The van der Waals surface area contributed by atoms with Crippen molar-refractivity contribution in [1.82, 2.24) is 9.88 Å². The van der Waals surface area contributed by atoms with E-state index in [0.29, 0.717) is 10.7 Å². The van der Waals surface area contributed by atoms with Gasteiger partial charge >= 0.3 is 6.09 Å². The number of aromatic nitrogens is 1. The Morgan fingerprint density at radius 1 is 1.38 bits per heavy atom. The molecule has 0 aromatic carbocycles. The molecule has 1 fully saturated rings. The predicted molar refractivity (Wildman–Crippen MR) is 73.7 cm³/mol. The quantitative estimate of drug-likeness (QED) is 0.813. The van der Waals surface area contributed by atoms with Crippen LogP contribution in [0.4, 0.5) is 4.79 Å². The summed E-state index contributed by atoms with van der Waals surface area (Å²) in [6.07, 6.45) is 0.825. The van der Waals surface area contributed by atoms with Gasteiger partial charge in [-0.25, -0.2) is 4.79 Å². The Kier molecular flexibility index (Phi) is 3.84. The summed E-state index contributed by atoms with van der Waals surface area (Å²) in [5.74, 6) is -1.27. The van der Waals surface area contributed by atoms with Gasteiger partial charge in [-0.15, -0.1) is 0 Å². The number of carboxylic acids is 1. The zero-order valence-electron chi connectivity index (χ0n) is 12.1. The molecule has 1 aliphatic heterocycles. The third kappa shape index (κ3) is 3.10. The van der Waals surface area contributed by atoms with E-state index < -0.39 is 23.1 Å². The Morgan fingerprint density at radius 3 is 2.43 bits per heavy atom. The number of carbonyl (C=O) groups is 2. The van der Waals surface area contributed by atoms with Crippen molar-refractivity contribution in [2.45, 2.75) is 31.8 Å². The summed E-state index contributed by atoms with van der Waals surface area (Å²) in [5.41, 5.74) is -1.61. The molecule has 1 amide bonds. The van der Waals surface area contributed by atoms with Crippen molar-refractivity contribution >= 4 is 23.7 Å². The van der Waals surface area contributed by atoms with Crippen LogP contribution in [0.5, 0.6) is 0 Å². The van der Waals surface area contributed by atoms with E-state index in [2.05, 4.69) is 4.98 Å². The van der Waals surface area contributed by atoms with Crippen LogP contribution in [0.25, 0.3) is 0 Å². The van der Waals surface area contributed by atoms with Crippen LogP contribution in [-0.2, 0) is 14.9 Å². The van der Waals surface area contributed by atoms with Crippen molar-refractivity contribution in [3.8, 4) is 0 Å². The first kappa shape index (κ1) is 15.6. The first-order valence-corrected chi connectivity index (χ1v) is 6.83. The fraction of sp³-hybridized carbons (Fsp3) is 0.500. The van der Waals surface area contributed by atoms with Crippen LogP contribution in [0.3, 0.4) is 0 Å². The molecule has 114 valence electrons. The molecule has 0 unspecified atom stereocenters. The molecule has 0 saturated carbocycles. The number of amides is 1. The maximum atomic E-state index is 11.9. The molecule has 6 nitrogen and oxygen atoms in total. The summed E-state index contributed by atoms with van der Waals surface area (Å²) in [4.78, 5) is 28.7. The third-order valence-electron chi connectivity index (χ3n) is 3.18. The van der Waals surface area contributed by atoms with Crippen LogP contribution in [0.1, 0.15) is 26.5 Å². The molecule has 1 saturated heterocycles. The molecule has 0 radical (unpaired) electrons. The number of nitrogens with zero attached hydrogens (tertiary/aromatic N) is 2. The average molecular weight is 312 g/mol. The molecule has 2 heterocycles. The van der Waals surface area contributed by atoms with E-state index in [1.54, 1.807) is 26.8 Å². The second-order valence-corrected chi connectivity index (χ2v) is 6.50. The standard InChI is InChI=1S/C14H17ClN2O4/c1-13(2,3)21-12(20)17-7-14(8-17,11(18)19)10-5-4-9(15)6-16-10/h4-6H,7-8H2,1-3H3,(H,18,19)/p-1. The number of likely N-dealkylation sites (tertiary alicyclic amines) is 1. The van der Waals surface area contributed by atoms with Gasteiger partial charge in [0.1, 0.15) is 5.60 Å². The number of rotatable bonds is 2. The Balaban J connectivity index is 2.14. The van der Waals surface area contributed by atoms with Crippen molar-refractivity contribution in [2.75, 3.05) is 13.1 Å². The lowest BCUT2D eigenvalue weighted by Crippen LogP contribution is -2.68. The van der Waals surface area contributed by atoms with Crippen molar-refractivity contribution in [2.24, 2.45) is 0 Å². The van der Waals surface area contributed by atoms with E-state index in [1.165, 1.54) is 17.2 Å². The molecule has 21 heavy (non-hydrogen) atoms. The molecular weight excluding hydrogens is 296 g/mol. The largest absolute Gasteiger partial charge is 0.549 e. The summed E-state index contributed by atoms with van der Waals surface area (Å²) in [5, 5.41) is 11.9. The number of hydrogen-bond acceptors (Lipinski definition) is 5. The topological polar surface area (TPSA) is 82.6 Å². The lowest BCUT2D eigenvalue weighted by molar-refractivity contribution is -0.318. The Hall–Kier alpha value is -1.82. The van der Waals surface area contributed by atoms with E-state index in [0.717, 1.165) is 0 Å². The molecule has 0 aliphatic carbocycles. The molecular formula is C14H16ClN2O4-. The van der Waals surface area contributed by atoms with Gasteiger partial charge in [0.15, 0.2) is 0 Å². The summed E-state index contributed by atoms with van der Waals surface area (Å²) < 4.78 is 5.20. The lowest BCUT2D eigenvalue weighted by atomic mass is 9.76. The smallest absolute Gasteiger partial charge is 0.410 e. The minimum absolute atomic E-state index is 0.0289. The molecule has 1 aromatic heterocycles. The van der Waals surface area contributed by atoms with Gasteiger partial charge in [0.25, 0.3) is 0 Å². The Labute approximate surface area is 127 Å². The lowest BCUT2D eigenvalue weighted by Gasteiger charge is -2.49. The number of halogens is 1. The van der Waals surface area contributed by atoms with Gasteiger partial charge in [-0.05, 0) is 32.9 Å². The van der Waals surface area contributed by atoms with Crippen molar-refractivity contribution < 1.29 is 19.4 Å². The Bertz CT molecular complexity index is 559. The molecule has 0 atom stereocenters. The van der Waals surface area contributed by atoms with Gasteiger partial charge in [0.2, 0.25) is 0 Å². The molecule has 1 aliphatic rings. The third-order valence-corrected chi connectivity index (χ3v) is 3.41. The van der Waals surface area contributed by atoms with Gasteiger partial charge < -0.3 is 19.5 Å². The number of aliphatic carboxylic acids is 1. The molecule has 1 aromatic rings. The van der Waals surface area contributed by atoms with Gasteiger partial charge in [-0.3, -0.25) is 4.98 Å². The maximum Gasteiger partial charge on any atom is 0.410 e. The second-order valence-electron chi connectivity index (χ2n) is 6.07. The van der Waals surface area contributed by atoms with Crippen molar-refractivity contribution in [3.05, 3.63) is 29.0 Å². The van der Waals surface area contributed by atoms with Gasteiger partial charge in [0.05, 0.1) is 22.1 Å². The minimum Gasteiger partial charge on any atom is -0.549 e. The van der Waals surface area contributed by atoms with Gasteiger partial charge in [-0.1, -0.05) is 11.6 Å². The zero-order valence-corrected chi connectivity index (χ0v) is 12.8. The number of carboxylic acid groups (broad SMARTS) is 1. The van der Waals surface area contributed by atoms with E-state index in [9.17, 15) is 14.7 Å². The number of pyridine rings is 1. The summed E-state index contributed by atoms with van der Waals surface area (Å²) >= 11 is 5.74. The van der Waals surface area contributed by atoms with Crippen molar-refractivity contribution in [3.63, 3.8) is 0 Å². The van der Waals surface area contributed by atoms with Gasteiger partial charge in [-0.2, -0.15) is 0 Å². The van der Waals surface area contributed by atoms with Crippen LogP contribution in [0.2, 0.25) is 5.02 Å². The normalized spacial score (nSPS) is 17.0. The predicted octanol–water partition coefficient (Wildman–Crippen LogP) is 0.973. The van der Waals surface area contributed by atoms with Gasteiger partial charge in [0, 0.05) is 19.3 Å². The highest BCUT2D eigenvalue weighted by Gasteiger charge is 2.50. The van der Waals surface area contributed by atoms with E-state index in [-0.39, 0.29) is 13.1 Å². The van der Waals surface area contributed by atoms with Crippen LogP contribution in [-0.4, -0.2) is 40.6 Å². The van der Waals surface area contributed by atoms with Crippen LogP contribution in [0.15, 0.2) is 18.3 Å². The zero-order chi connectivity index (χ0) is 15.8. The molecule has 0 spiro atoms. The fourth-order valence-electron chi connectivity index (χ4n) is 2.12. The molecule has 0 bridgehead atoms. The van der Waals surface area contributed by atoms with Crippen LogP contribution >= 0.6 is 11.6 Å². The molecule has 0 N–H and O–H groups in total. The highest BCUT2D eigenvalue weighted by Crippen LogP contribution is 2.34. The highest BCUT2D eigenvalue weighted by atomic mass is 35.5. The maximum absolute atomic E-state index is 11.9. The summed E-state index contributed by atoms with van der Waals surface area (Å²) in [6.45, 7) is 5.18. The average Bonchev–Trinajstić information content (AvgIpc) is 2.27. The highest BCUT2D eigenvalue weighted by molar-refractivity contribution is 6.30. The first-order valence-electron chi connectivity index (χ1n) is 6.45. The van der Waals surface area contributed by atoms with E-state index >= 15 is 0 Å². The Morgan fingerprint density at radius 2 is 2.00 bits per heavy atom. The van der Waals surface area contributed by atoms with E-state index in [4.69, 9.17) is 16.3 Å². The SMILES string of the molecule is CC(C)(C)OC(=O)N1CC(C(=O)[O-])(c2ccc(Cl)cn2)C1. The van der Waals surface area contributed by atoms with Crippen LogP contribution in [0, 0.1) is 0 Å². The monoisotopic (exact) mass is 311 g/mol. The van der Waals surface area contributed by atoms with E-state index in [1.807, 2.05) is 0 Å². The first-order chi connectivity index (χ1) is 9.64. The minimum atomic E-state index is -1.30.